The first-order valence-corrected chi connectivity index (χ1v) is 6.63. The Morgan fingerprint density at radius 1 is 1.44 bits per heavy atom. The molecule has 6 nitrogen and oxygen atoms in total. The fourth-order valence-corrected chi connectivity index (χ4v) is 2.40. The summed E-state index contributed by atoms with van der Waals surface area (Å²) in [4.78, 5) is 11.0. The third-order valence-corrected chi connectivity index (χ3v) is 3.41. The highest BCUT2D eigenvalue weighted by atomic mass is 16.1. The molecule has 1 aliphatic rings. The van der Waals surface area contributed by atoms with Crippen molar-refractivity contribution in [1.29, 1.82) is 0 Å². The van der Waals surface area contributed by atoms with Crippen molar-refractivity contribution in [2.45, 2.75) is 45.2 Å². The molecule has 1 aliphatic carbocycles. The predicted octanol–water partition coefficient (Wildman–Crippen LogP) is 0.433. The second-order valence-electron chi connectivity index (χ2n) is 4.92. The average molecular weight is 251 g/mol. The number of carbonyl (C=O) groups is 1. The van der Waals surface area contributed by atoms with Crippen LogP contribution in [0, 0.1) is 5.92 Å². The molecule has 1 saturated carbocycles. The lowest BCUT2D eigenvalue weighted by Gasteiger charge is -2.20. The van der Waals surface area contributed by atoms with Gasteiger partial charge in [0.25, 0.3) is 0 Å². The first-order chi connectivity index (χ1) is 8.78. The van der Waals surface area contributed by atoms with E-state index in [2.05, 4.69) is 15.6 Å². The van der Waals surface area contributed by atoms with E-state index in [1.54, 1.807) is 0 Å². The molecule has 18 heavy (non-hydrogen) atoms. The predicted molar refractivity (Wildman–Crippen MR) is 67.5 cm³/mol. The second kappa shape index (κ2) is 6.49. The van der Waals surface area contributed by atoms with Crippen molar-refractivity contribution in [2.75, 3.05) is 6.54 Å². The van der Waals surface area contributed by atoms with Crippen LogP contribution in [0.25, 0.3) is 0 Å². The number of nitrogens with zero attached hydrogens (tertiary/aromatic N) is 3. The molecule has 0 aliphatic heterocycles. The van der Waals surface area contributed by atoms with Gasteiger partial charge in [0.2, 0.25) is 5.91 Å². The van der Waals surface area contributed by atoms with Crippen molar-refractivity contribution >= 4 is 5.91 Å². The molecular formula is C12H21N5O. The summed E-state index contributed by atoms with van der Waals surface area (Å²) in [5.74, 6) is 0.559. The highest BCUT2D eigenvalue weighted by Crippen LogP contribution is 2.24. The molecule has 0 saturated heterocycles. The number of nitrogens with one attached hydrogen (secondary N) is 1. The molecule has 1 fully saturated rings. The summed E-state index contributed by atoms with van der Waals surface area (Å²) in [5.41, 5.74) is 6.00. The normalized spacial score (nSPS) is 16.7. The van der Waals surface area contributed by atoms with E-state index in [9.17, 15) is 4.79 Å². The minimum Gasteiger partial charge on any atom is -0.349 e. The Bertz CT molecular complexity index is 384. The highest BCUT2D eigenvalue weighted by Gasteiger charge is 2.14. The largest absolute Gasteiger partial charge is 0.349 e. The number of aromatic nitrogens is 3. The summed E-state index contributed by atoms with van der Waals surface area (Å²) >= 11 is 0. The minimum absolute atomic E-state index is 0.0101. The highest BCUT2D eigenvalue weighted by molar-refractivity contribution is 5.77. The Labute approximate surface area is 107 Å². The zero-order valence-corrected chi connectivity index (χ0v) is 10.6. The molecule has 1 amide bonds. The SMILES string of the molecule is NCC(=O)NCc1cn(CC2CCCCC2)nn1. The van der Waals surface area contributed by atoms with Crippen molar-refractivity contribution < 1.29 is 4.79 Å². The molecule has 0 spiro atoms. The van der Waals surface area contributed by atoms with Gasteiger partial charge in [0.05, 0.1) is 19.3 Å². The minimum atomic E-state index is -0.170. The van der Waals surface area contributed by atoms with Crippen molar-refractivity contribution in [3.05, 3.63) is 11.9 Å². The molecule has 0 bridgehead atoms. The maximum atomic E-state index is 11.0. The lowest BCUT2D eigenvalue weighted by molar-refractivity contribution is -0.119. The third-order valence-electron chi connectivity index (χ3n) is 3.41. The van der Waals surface area contributed by atoms with Crippen molar-refractivity contribution in [1.82, 2.24) is 20.3 Å². The Morgan fingerprint density at radius 3 is 2.94 bits per heavy atom. The topological polar surface area (TPSA) is 85.8 Å². The van der Waals surface area contributed by atoms with Gasteiger partial charge in [-0.1, -0.05) is 24.5 Å². The fourth-order valence-electron chi connectivity index (χ4n) is 2.40. The van der Waals surface area contributed by atoms with Crippen LogP contribution < -0.4 is 11.1 Å². The van der Waals surface area contributed by atoms with E-state index in [-0.39, 0.29) is 12.5 Å². The van der Waals surface area contributed by atoms with E-state index < -0.39 is 0 Å². The molecule has 1 heterocycles. The Morgan fingerprint density at radius 2 is 2.22 bits per heavy atom. The van der Waals surface area contributed by atoms with E-state index in [0.29, 0.717) is 6.54 Å². The van der Waals surface area contributed by atoms with Gasteiger partial charge in [0.15, 0.2) is 0 Å². The Kier molecular flexibility index (Phi) is 4.69. The summed E-state index contributed by atoms with van der Waals surface area (Å²) in [6, 6.07) is 0. The van der Waals surface area contributed by atoms with Crippen LogP contribution >= 0.6 is 0 Å². The van der Waals surface area contributed by atoms with E-state index in [4.69, 9.17) is 5.73 Å². The molecule has 0 unspecified atom stereocenters. The zero-order chi connectivity index (χ0) is 12.8. The van der Waals surface area contributed by atoms with E-state index in [1.165, 1.54) is 32.1 Å². The molecule has 3 N–H and O–H groups in total. The van der Waals surface area contributed by atoms with Crippen molar-refractivity contribution in [2.24, 2.45) is 11.7 Å². The van der Waals surface area contributed by atoms with Crippen LogP contribution in [0.5, 0.6) is 0 Å². The summed E-state index contributed by atoms with van der Waals surface area (Å²) < 4.78 is 1.89. The maximum Gasteiger partial charge on any atom is 0.234 e. The fraction of sp³-hybridized carbons (Fsp3) is 0.750. The summed E-state index contributed by atoms with van der Waals surface area (Å²) in [7, 11) is 0. The third kappa shape index (κ3) is 3.80. The van der Waals surface area contributed by atoms with Gasteiger partial charge in [-0.2, -0.15) is 0 Å². The number of rotatable bonds is 5. The van der Waals surface area contributed by atoms with Crippen LogP contribution in [0.3, 0.4) is 0 Å². The first kappa shape index (κ1) is 13.0. The van der Waals surface area contributed by atoms with Gasteiger partial charge in [-0.05, 0) is 18.8 Å². The molecule has 0 atom stereocenters. The van der Waals surface area contributed by atoms with Gasteiger partial charge >= 0.3 is 0 Å². The van der Waals surface area contributed by atoms with E-state index in [1.807, 2.05) is 10.9 Å². The standard InChI is InChI=1S/C12H21N5O/c13-6-12(18)14-7-11-9-17(16-15-11)8-10-4-2-1-3-5-10/h9-10H,1-8,13H2,(H,14,18). The van der Waals surface area contributed by atoms with E-state index >= 15 is 0 Å². The van der Waals surface area contributed by atoms with Crippen LogP contribution in [-0.2, 0) is 17.9 Å². The van der Waals surface area contributed by atoms with Gasteiger partial charge in [-0.25, -0.2) is 0 Å². The maximum absolute atomic E-state index is 11.0. The smallest absolute Gasteiger partial charge is 0.234 e. The number of carbonyl (C=O) groups excluding carboxylic acids is 1. The van der Waals surface area contributed by atoms with Crippen LogP contribution in [0.4, 0.5) is 0 Å². The lowest BCUT2D eigenvalue weighted by atomic mass is 9.89. The molecule has 1 aromatic heterocycles. The van der Waals surface area contributed by atoms with Gasteiger partial charge in [0.1, 0.15) is 5.69 Å². The van der Waals surface area contributed by atoms with Crippen LogP contribution in [0.15, 0.2) is 6.20 Å². The average Bonchev–Trinajstić information content (AvgIpc) is 2.85. The molecule has 6 heteroatoms. The summed E-state index contributed by atoms with van der Waals surface area (Å²) in [6.07, 6.45) is 8.52. The zero-order valence-electron chi connectivity index (χ0n) is 10.6. The van der Waals surface area contributed by atoms with Gasteiger partial charge < -0.3 is 11.1 Å². The summed E-state index contributed by atoms with van der Waals surface area (Å²) in [5, 5.41) is 10.8. The van der Waals surface area contributed by atoms with Crippen molar-refractivity contribution in [3.8, 4) is 0 Å². The Balaban J connectivity index is 1.80. The van der Waals surface area contributed by atoms with Crippen LogP contribution in [0.2, 0.25) is 0 Å². The summed E-state index contributed by atoms with van der Waals surface area (Å²) in [6.45, 7) is 1.36. The molecule has 0 radical (unpaired) electrons. The lowest BCUT2D eigenvalue weighted by Crippen LogP contribution is -2.29. The van der Waals surface area contributed by atoms with Gasteiger partial charge in [-0.15, -0.1) is 5.10 Å². The monoisotopic (exact) mass is 251 g/mol. The molecule has 1 aromatic rings. The quantitative estimate of drug-likeness (QED) is 0.794. The number of hydrogen-bond acceptors (Lipinski definition) is 4. The number of amides is 1. The first-order valence-electron chi connectivity index (χ1n) is 6.63. The van der Waals surface area contributed by atoms with Crippen LogP contribution in [-0.4, -0.2) is 27.4 Å². The molecule has 2 rings (SSSR count). The van der Waals surface area contributed by atoms with Gasteiger partial charge in [0, 0.05) is 6.54 Å². The molecule has 0 aromatic carbocycles. The second-order valence-corrected chi connectivity index (χ2v) is 4.92. The van der Waals surface area contributed by atoms with E-state index in [0.717, 1.165) is 18.2 Å². The Hall–Kier alpha value is -1.43. The number of nitrogens with two attached hydrogens (primary N) is 1. The number of hydrogen-bond donors (Lipinski definition) is 2. The van der Waals surface area contributed by atoms with Crippen LogP contribution in [0.1, 0.15) is 37.8 Å². The molecule has 100 valence electrons. The molecular weight excluding hydrogens is 230 g/mol. The van der Waals surface area contributed by atoms with Gasteiger partial charge in [-0.3, -0.25) is 9.48 Å². The van der Waals surface area contributed by atoms with Crippen molar-refractivity contribution in [3.63, 3.8) is 0 Å².